The number of thiophene rings is 3. The number of carboxylic acid groups (broad SMARTS) is 1. The zero-order chi connectivity index (χ0) is 21.6. The Morgan fingerprint density at radius 1 is 0.933 bits per heavy atom. The van der Waals surface area contributed by atoms with Gasteiger partial charge in [0.15, 0.2) is 0 Å². The average molecular weight is 477 g/mol. The Morgan fingerprint density at radius 2 is 1.60 bits per heavy atom. The highest BCUT2D eigenvalue weighted by Crippen LogP contribution is 2.52. The smallest absolute Gasteiger partial charge is 0.338 e. The van der Waals surface area contributed by atoms with Crippen molar-refractivity contribution in [2.75, 3.05) is 25.9 Å². The van der Waals surface area contributed by atoms with Crippen LogP contribution in [-0.4, -0.2) is 42.9 Å². The molecule has 0 radical (unpaired) electrons. The summed E-state index contributed by atoms with van der Waals surface area (Å²) >= 11 is 4.78. The van der Waals surface area contributed by atoms with E-state index in [0.29, 0.717) is 16.7 Å². The summed E-state index contributed by atoms with van der Waals surface area (Å²) in [5.74, 6) is -1.50. The first kappa shape index (κ1) is 21.1. The number of ether oxygens (including phenoxy) is 1. The molecular weight excluding hydrogens is 457 g/mol. The topological polar surface area (TPSA) is 63.6 Å². The summed E-state index contributed by atoms with van der Waals surface area (Å²) in [5, 5.41) is 11.7. The Kier molecular flexibility index (Phi) is 5.52. The highest BCUT2D eigenvalue weighted by Gasteiger charge is 2.23. The van der Waals surface area contributed by atoms with Crippen LogP contribution in [0.4, 0.5) is 0 Å². The van der Waals surface area contributed by atoms with Crippen LogP contribution in [0.2, 0.25) is 0 Å². The standard InChI is InChI=1S/C22H20O4S4/c1-26-22(25)15-9-12(16-6-5-7-27-16)14(21(23)24)8-13(15)17-10-18-19(28-17)11-20(29-18)30(2,3)4/h5-11H,1-4H3,(H,23,24). The number of fused-ring (bicyclic) bond motifs is 1. The van der Waals surface area contributed by atoms with Gasteiger partial charge in [0.1, 0.15) is 0 Å². The molecule has 0 fully saturated rings. The van der Waals surface area contributed by atoms with Crippen LogP contribution in [-0.2, 0) is 4.74 Å². The largest absolute Gasteiger partial charge is 0.478 e. The highest BCUT2D eigenvalue weighted by atomic mass is 32.3. The van der Waals surface area contributed by atoms with Crippen molar-refractivity contribution >= 4 is 65.4 Å². The van der Waals surface area contributed by atoms with E-state index < -0.39 is 22.0 Å². The number of carboxylic acids is 1. The monoisotopic (exact) mass is 476 g/mol. The maximum atomic E-state index is 12.6. The van der Waals surface area contributed by atoms with Crippen LogP contribution in [0.1, 0.15) is 20.7 Å². The number of methoxy groups -OCH3 is 1. The number of carbonyl (C=O) groups excluding carboxylic acids is 1. The number of esters is 1. The molecule has 0 aliphatic carbocycles. The fraction of sp³-hybridized carbons (Fsp3) is 0.182. The lowest BCUT2D eigenvalue weighted by Gasteiger charge is -2.22. The molecule has 0 bridgehead atoms. The fourth-order valence-electron chi connectivity index (χ4n) is 3.14. The second kappa shape index (κ2) is 7.85. The van der Waals surface area contributed by atoms with E-state index in [-0.39, 0.29) is 5.56 Å². The molecule has 0 atom stereocenters. The van der Waals surface area contributed by atoms with Crippen LogP contribution in [0.25, 0.3) is 30.3 Å². The predicted molar refractivity (Wildman–Crippen MR) is 130 cm³/mol. The summed E-state index contributed by atoms with van der Waals surface area (Å²) in [7, 11) is 0.529. The van der Waals surface area contributed by atoms with Crippen molar-refractivity contribution in [3.8, 4) is 20.9 Å². The zero-order valence-electron chi connectivity index (χ0n) is 16.8. The van der Waals surface area contributed by atoms with Crippen LogP contribution in [0, 0.1) is 0 Å². The molecule has 8 heteroatoms. The third-order valence-electron chi connectivity index (χ3n) is 4.63. The summed E-state index contributed by atoms with van der Waals surface area (Å²) in [6, 6.07) is 11.2. The molecule has 156 valence electrons. The van der Waals surface area contributed by atoms with Gasteiger partial charge in [0.25, 0.3) is 0 Å². The highest BCUT2D eigenvalue weighted by molar-refractivity contribution is 8.33. The second-order valence-electron chi connectivity index (χ2n) is 7.46. The summed E-state index contributed by atoms with van der Waals surface area (Å²) < 4.78 is 8.71. The van der Waals surface area contributed by atoms with Gasteiger partial charge in [0, 0.05) is 34.5 Å². The van der Waals surface area contributed by atoms with Crippen molar-refractivity contribution in [2.45, 2.75) is 4.21 Å². The molecule has 1 aromatic carbocycles. The lowest BCUT2D eigenvalue weighted by atomic mass is 9.96. The van der Waals surface area contributed by atoms with Gasteiger partial charge >= 0.3 is 11.9 Å². The molecule has 1 N–H and O–H groups in total. The molecule has 4 nitrogen and oxygen atoms in total. The van der Waals surface area contributed by atoms with Crippen LogP contribution in [0.3, 0.4) is 0 Å². The summed E-state index contributed by atoms with van der Waals surface area (Å²) in [4.78, 5) is 26.3. The minimum atomic E-state index is -1.02. The van der Waals surface area contributed by atoms with Crippen molar-refractivity contribution in [1.82, 2.24) is 0 Å². The van der Waals surface area contributed by atoms with Gasteiger partial charge in [-0.3, -0.25) is 0 Å². The second-order valence-corrected chi connectivity index (χ2v) is 14.9. The van der Waals surface area contributed by atoms with Gasteiger partial charge in [-0.2, -0.15) is 0 Å². The molecule has 0 saturated heterocycles. The van der Waals surface area contributed by atoms with E-state index >= 15 is 0 Å². The fourth-order valence-corrected chi connectivity index (χ4v) is 7.87. The minimum Gasteiger partial charge on any atom is -0.478 e. The Labute approximate surface area is 188 Å². The predicted octanol–water partition coefficient (Wildman–Crippen LogP) is 6.90. The normalized spacial score (nSPS) is 12.3. The lowest BCUT2D eigenvalue weighted by Crippen LogP contribution is -2.07. The van der Waals surface area contributed by atoms with Gasteiger partial charge < -0.3 is 9.84 Å². The lowest BCUT2D eigenvalue weighted by molar-refractivity contribution is 0.0599. The molecule has 4 rings (SSSR count). The first-order valence-corrected chi connectivity index (χ1v) is 14.3. The third kappa shape index (κ3) is 3.80. The first-order valence-electron chi connectivity index (χ1n) is 8.94. The summed E-state index contributed by atoms with van der Waals surface area (Å²) in [6.45, 7) is 0. The van der Waals surface area contributed by atoms with E-state index in [1.54, 1.807) is 34.8 Å². The van der Waals surface area contributed by atoms with Crippen LogP contribution < -0.4 is 0 Å². The first-order chi connectivity index (χ1) is 14.2. The van der Waals surface area contributed by atoms with E-state index in [4.69, 9.17) is 4.74 Å². The average Bonchev–Trinajstić information content (AvgIpc) is 3.41. The Hall–Kier alpha value is -2.13. The molecule has 0 spiro atoms. The Balaban J connectivity index is 1.93. The van der Waals surface area contributed by atoms with Crippen molar-refractivity contribution in [3.05, 3.63) is 52.9 Å². The van der Waals surface area contributed by atoms with Crippen molar-refractivity contribution < 1.29 is 19.4 Å². The van der Waals surface area contributed by atoms with Gasteiger partial charge in [0.2, 0.25) is 0 Å². The molecule has 3 aromatic heterocycles. The quantitative estimate of drug-likeness (QED) is 0.318. The Morgan fingerprint density at radius 3 is 2.17 bits per heavy atom. The van der Waals surface area contributed by atoms with Crippen LogP contribution in [0.5, 0.6) is 0 Å². The minimum absolute atomic E-state index is 0.177. The molecule has 0 unspecified atom stereocenters. The summed E-state index contributed by atoms with van der Waals surface area (Å²) in [6.07, 6.45) is 6.79. The molecule has 30 heavy (non-hydrogen) atoms. The molecule has 4 aromatic rings. The van der Waals surface area contributed by atoms with Gasteiger partial charge in [-0.15, -0.1) is 34.0 Å². The van der Waals surface area contributed by atoms with Crippen LogP contribution >= 0.6 is 44.0 Å². The Bertz CT molecular complexity index is 1230. The van der Waals surface area contributed by atoms with Crippen molar-refractivity contribution in [1.29, 1.82) is 0 Å². The molecule has 3 heterocycles. The van der Waals surface area contributed by atoms with E-state index in [2.05, 4.69) is 30.9 Å². The molecule has 0 aliphatic heterocycles. The third-order valence-corrected chi connectivity index (χ3v) is 10.7. The van der Waals surface area contributed by atoms with Gasteiger partial charge in [0.05, 0.1) is 18.2 Å². The molecular formula is C22H20O4S4. The number of rotatable bonds is 5. The number of aromatic carboxylic acids is 1. The number of benzene rings is 1. The van der Waals surface area contributed by atoms with Gasteiger partial charge in [-0.05, 0) is 54.5 Å². The van der Waals surface area contributed by atoms with E-state index in [0.717, 1.165) is 19.2 Å². The van der Waals surface area contributed by atoms with Crippen molar-refractivity contribution in [3.63, 3.8) is 0 Å². The van der Waals surface area contributed by atoms with E-state index in [9.17, 15) is 14.7 Å². The van der Waals surface area contributed by atoms with E-state index in [1.807, 2.05) is 17.5 Å². The maximum absolute atomic E-state index is 12.6. The maximum Gasteiger partial charge on any atom is 0.338 e. The molecule has 0 aliphatic rings. The number of hydrogen-bond donors (Lipinski definition) is 1. The van der Waals surface area contributed by atoms with Crippen LogP contribution in [0.15, 0.2) is 46.0 Å². The molecule has 0 amide bonds. The summed E-state index contributed by atoms with van der Waals surface area (Å²) in [5.41, 5.74) is 1.68. The number of hydrogen-bond acceptors (Lipinski definition) is 6. The number of carbonyl (C=O) groups is 2. The van der Waals surface area contributed by atoms with Gasteiger partial charge in [-0.25, -0.2) is 19.6 Å². The molecule has 0 saturated carbocycles. The van der Waals surface area contributed by atoms with Gasteiger partial charge in [-0.1, -0.05) is 6.07 Å². The SMILES string of the molecule is COC(=O)c1cc(-c2cccs2)c(C(=O)O)cc1-c1cc2sc(S(C)(C)C)cc2s1. The zero-order valence-corrected chi connectivity index (χ0v) is 20.1. The van der Waals surface area contributed by atoms with E-state index in [1.165, 1.54) is 22.7 Å². The van der Waals surface area contributed by atoms with Crippen molar-refractivity contribution in [2.24, 2.45) is 0 Å².